The number of hydrogen-bond acceptors (Lipinski definition) is 2. The summed E-state index contributed by atoms with van der Waals surface area (Å²) in [7, 11) is 0. The molecule has 0 radical (unpaired) electrons. The number of aldehydes is 1. The maximum atomic E-state index is 12.9. The number of thiophene rings is 1. The highest BCUT2D eigenvalue weighted by molar-refractivity contribution is 7.19. The Morgan fingerprint density at radius 3 is 2.93 bits per heavy atom. The molecule has 0 amide bonds. The Bertz CT molecular complexity index is 487. The van der Waals surface area contributed by atoms with Crippen LogP contribution in [0, 0.1) is 5.82 Å². The number of benzene rings is 1. The molecular weight excluding hydrogens is 199 g/mol. The Morgan fingerprint density at radius 2 is 2.29 bits per heavy atom. The topological polar surface area (TPSA) is 17.1 Å². The van der Waals surface area contributed by atoms with Crippen molar-refractivity contribution >= 4 is 27.7 Å². The first kappa shape index (κ1) is 9.34. The second-order valence-corrected chi connectivity index (χ2v) is 4.19. The van der Waals surface area contributed by atoms with Crippen LogP contribution in [0.5, 0.6) is 0 Å². The molecule has 0 saturated heterocycles. The summed E-state index contributed by atoms with van der Waals surface area (Å²) >= 11 is 1.49. The van der Waals surface area contributed by atoms with Crippen LogP contribution < -0.4 is 0 Å². The van der Waals surface area contributed by atoms with Gasteiger partial charge in [0.15, 0.2) is 6.29 Å². The Morgan fingerprint density at radius 1 is 1.50 bits per heavy atom. The first-order chi connectivity index (χ1) is 6.76. The summed E-state index contributed by atoms with van der Waals surface area (Å²) in [4.78, 5) is 11.9. The number of carbonyl (C=O) groups is 1. The molecule has 0 saturated carbocycles. The molecule has 0 fully saturated rings. The summed E-state index contributed by atoms with van der Waals surface area (Å²) in [5, 5.41) is 0.864. The van der Waals surface area contributed by atoms with E-state index in [1.807, 2.05) is 6.92 Å². The second kappa shape index (κ2) is 3.50. The van der Waals surface area contributed by atoms with Gasteiger partial charge in [-0.3, -0.25) is 4.79 Å². The van der Waals surface area contributed by atoms with Gasteiger partial charge in [0, 0.05) is 20.5 Å². The molecule has 0 bridgehead atoms. The first-order valence-electron chi connectivity index (χ1n) is 4.42. The number of aryl methyl sites for hydroxylation is 1. The number of fused-ring (bicyclic) bond motifs is 1. The van der Waals surface area contributed by atoms with Crippen LogP contribution in [-0.2, 0) is 6.42 Å². The highest BCUT2D eigenvalue weighted by Gasteiger charge is 2.10. The van der Waals surface area contributed by atoms with Gasteiger partial charge in [-0.15, -0.1) is 11.3 Å². The zero-order valence-corrected chi connectivity index (χ0v) is 8.53. The van der Waals surface area contributed by atoms with Crippen LogP contribution in [0.2, 0.25) is 0 Å². The lowest BCUT2D eigenvalue weighted by atomic mass is 10.1. The third-order valence-corrected chi connectivity index (χ3v) is 3.52. The molecule has 0 N–H and O–H groups in total. The van der Waals surface area contributed by atoms with Gasteiger partial charge in [-0.2, -0.15) is 0 Å². The van der Waals surface area contributed by atoms with Gasteiger partial charge in [-0.25, -0.2) is 4.39 Å². The van der Waals surface area contributed by atoms with E-state index in [9.17, 15) is 9.18 Å². The summed E-state index contributed by atoms with van der Waals surface area (Å²) in [6.07, 6.45) is 1.67. The van der Waals surface area contributed by atoms with Gasteiger partial charge < -0.3 is 0 Å². The molecule has 1 nitrogen and oxygen atoms in total. The lowest BCUT2D eigenvalue weighted by molar-refractivity contribution is 0.112. The van der Waals surface area contributed by atoms with Crippen molar-refractivity contribution < 1.29 is 9.18 Å². The number of halogens is 1. The number of rotatable bonds is 2. The Labute approximate surface area is 85.2 Å². The molecule has 14 heavy (non-hydrogen) atoms. The van der Waals surface area contributed by atoms with Crippen molar-refractivity contribution in [2.24, 2.45) is 0 Å². The van der Waals surface area contributed by atoms with Crippen molar-refractivity contribution in [1.29, 1.82) is 0 Å². The Balaban J connectivity index is 2.79. The lowest BCUT2D eigenvalue weighted by Crippen LogP contribution is -1.83. The molecule has 0 aliphatic carbocycles. The van der Waals surface area contributed by atoms with Crippen LogP contribution >= 0.6 is 11.3 Å². The second-order valence-electron chi connectivity index (χ2n) is 3.05. The van der Waals surface area contributed by atoms with Crippen LogP contribution in [0.15, 0.2) is 18.2 Å². The molecule has 0 aliphatic rings. The summed E-state index contributed by atoms with van der Waals surface area (Å²) in [6, 6.07) is 4.54. The van der Waals surface area contributed by atoms with Crippen LogP contribution in [-0.4, -0.2) is 6.29 Å². The van der Waals surface area contributed by atoms with Crippen molar-refractivity contribution in [3.63, 3.8) is 0 Å². The molecule has 0 aliphatic heterocycles. The number of carbonyl (C=O) groups excluding carboxylic acids is 1. The van der Waals surface area contributed by atoms with E-state index in [1.165, 1.54) is 23.5 Å². The zero-order valence-electron chi connectivity index (χ0n) is 7.71. The summed E-state index contributed by atoms with van der Waals surface area (Å²) in [5.41, 5.74) is 0.715. The van der Waals surface area contributed by atoms with E-state index in [0.717, 1.165) is 27.7 Å². The quantitative estimate of drug-likeness (QED) is 0.691. The van der Waals surface area contributed by atoms with Crippen molar-refractivity contribution in [2.75, 3.05) is 0 Å². The third kappa shape index (κ3) is 1.34. The molecule has 2 rings (SSSR count). The van der Waals surface area contributed by atoms with E-state index < -0.39 is 0 Å². The molecule has 72 valence electrons. The van der Waals surface area contributed by atoms with Gasteiger partial charge in [0.25, 0.3) is 0 Å². The molecular formula is C11H9FOS. The fourth-order valence-electron chi connectivity index (χ4n) is 1.53. The Kier molecular flexibility index (Phi) is 2.33. The molecule has 0 spiro atoms. The van der Waals surface area contributed by atoms with E-state index in [4.69, 9.17) is 0 Å². The fourth-order valence-corrected chi connectivity index (χ4v) is 2.67. The predicted molar refractivity (Wildman–Crippen MR) is 56.5 cm³/mol. The normalized spacial score (nSPS) is 10.7. The highest BCUT2D eigenvalue weighted by atomic mass is 32.1. The summed E-state index contributed by atoms with van der Waals surface area (Å²) in [6.45, 7) is 1.99. The monoisotopic (exact) mass is 208 g/mol. The van der Waals surface area contributed by atoms with Crippen LogP contribution in [0.1, 0.15) is 22.2 Å². The van der Waals surface area contributed by atoms with Gasteiger partial charge in [0.2, 0.25) is 0 Å². The average Bonchev–Trinajstić information content (AvgIpc) is 2.54. The van der Waals surface area contributed by atoms with Crippen molar-refractivity contribution in [3.8, 4) is 0 Å². The minimum Gasteiger partial charge on any atom is -0.298 e. The van der Waals surface area contributed by atoms with Crippen LogP contribution in [0.4, 0.5) is 4.39 Å². The predicted octanol–water partition coefficient (Wildman–Crippen LogP) is 3.42. The molecule has 3 heteroatoms. The first-order valence-corrected chi connectivity index (χ1v) is 5.24. The molecule has 1 heterocycles. The van der Waals surface area contributed by atoms with E-state index >= 15 is 0 Å². The van der Waals surface area contributed by atoms with Gasteiger partial charge in [-0.05, 0) is 24.6 Å². The van der Waals surface area contributed by atoms with Gasteiger partial charge in [0.05, 0.1) is 0 Å². The molecule has 0 atom stereocenters. The van der Waals surface area contributed by atoms with Crippen LogP contribution in [0.3, 0.4) is 0 Å². The van der Waals surface area contributed by atoms with E-state index in [-0.39, 0.29) is 5.82 Å². The SMILES string of the molecule is CCc1sc2cc(F)ccc2c1C=O. The molecule has 1 aromatic heterocycles. The lowest BCUT2D eigenvalue weighted by Gasteiger charge is -1.91. The summed E-state index contributed by atoms with van der Waals surface area (Å²) in [5.74, 6) is -0.251. The summed E-state index contributed by atoms with van der Waals surface area (Å²) < 4.78 is 13.8. The standard InChI is InChI=1S/C11H9FOS/c1-2-10-9(6-13)8-4-3-7(12)5-11(8)14-10/h3-6H,2H2,1H3. The van der Waals surface area contributed by atoms with Crippen molar-refractivity contribution in [1.82, 2.24) is 0 Å². The van der Waals surface area contributed by atoms with Gasteiger partial charge in [0.1, 0.15) is 5.82 Å². The molecule has 1 aromatic carbocycles. The minimum atomic E-state index is -0.251. The van der Waals surface area contributed by atoms with Crippen LogP contribution in [0.25, 0.3) is 10.1 Å². The van der Waals surface area contributed by atoms with E-state index in [2.05, 4.69) is 0 Å². The number of hydrogen-bond donors (Lipinski definition) is 0. The molecule has 2 aromatic rings. The zero-order chi connectivity index (χ0) is 10.1. The highest BCUT2D eigenvalue weighted by Crippen LogP contribution is 2.30. The van der Waals surface area contributed by atoms with Crippen molar-refractivity contribution in [2.45, 2.75) is 13.3 Å². The van der Waals surface area contributed by atoms with Gasteiger partial charge >= 0.3 is 0 Å². The fraction of sp³-hybridized carbons (Fsp3) is 0.182. The maximum absolute atomic E-state index is 12.9. The smallest absolute Gasteiger partial charge is 0.151 e. The minimum absolute atomic E-state index is 0.251. The average molecular weight is 208 g/mol. The van der Waals surface area contributed by atoms with E-state index in [0.29, 0.717) is 5.56 Å². The largest absolute Gasteiger partial charge is 0.298 e. The van der Waals surface area contributed by atoms with E-state index in [1.54, 1.807) is 6.07 Å². The Hall–Kier alpha value is -1.22. The maximum Gasteiger partial charge on any atom is 0.151 e. The molecule has 0 unspecified atom stereocenters. The van der Waals surface area contributed by atoms with Gasteiger partial charge in [-0.1, -0.05) is 6.92 Å². The third-order valence-electron chi connectivity index (χ3n) is 2.21. The van der Waals surface area contributed by atoms with Crippen molar-refractivity contribution in [3.05, 3.63) is 34.5 Å².